The molecule has 0 fully saturated rings. The first-order valence-corrected chi connectivity index (χ1v) is 15.6. The molecule has 1 unspecified atom stereocenters. The number of ether oxygens (including phenoxy) is 1. The lowest BCUT2D eigenvalue weighted by molar-refractivity contribution is -0.154. The summed E-state index contributed by atoms with van der Waals surface area (Å²) in [7, 11) is 0. The SMILES string of the molecule is CCN(CC)c1ccc(C(c2ccc(C)cc2)c2ccc(NCCCCOC(=O)C(C)(C)CC)c3ccccc23)cc1. The molecule has 0 aliphatic heterocycles. The van der Waals surface area contributed by atoms with Gasteiger partial charge in [-0.25, -0.2) is 0 Å². The summed E-state index contributed by atoms with van der Waals surface area (Å²) in [6.07, 6.45) is 2.55. The molecule has 42 heavy (non-hydrogen) atoms. The van der Waals surface area contributed by atoms with Crippen molar-refractivity contribution in [2.24, 2.45) is 5.41 Å². The van der Waals surface area contributed by atoms with E-state index >= 15 is 0 Å². The molecule has 4 heteroatoms. The van der Waals surface area contributed by atoms with E-state index in [4.69, 9.17) is 4.74 Å². The van der Waals surface area contributed by atoms with E-state index in [1.165, 1.54) is 38.7 Å². The van der Waals surface area contributed by atoms with Crippen molar-refractivity contribution in [3.63, 3.8) is 0 Å². The van der Waals surface area contributed by atoms with Gasteiger partial charge in [0.1, 0.15) is 0 Å². The zero-order chi connectivity index (χ0) is 30.1. The Hall–Kier alpha value is -3.79. The van der Waals surface area contributed by atoms with Crippen molar-refractivity contribution in [1.82, 2.24) is 0 Å². The summed E-state index contributed by atoms with van der Waals surface area (Å²) >= 11 is 0. The summed E-state index contributed by atoms with van der Waals surface area (Å²) in [6, 6.07) is 31.3. The Balaban J connectivity index is 1.57. The number of aryl methyl sites for hydroxylation is 1. The summed E-state index contributed by atoms with van der Waals surface area (Å²) < 4.78 is 5.52. The zero-order valence-corrected chi connectivity index (χ0v) is 26.4. The number of anilines is 2. The Morgan fingerprint density at radius 3 is 2.05 bits per heavy atom. The first kappa shape index (κ1) is 31.2. The molecule has 0 saturated heterocycles. The molecular formula is C38H48N2O2. The van der Waals surface area contributed by atoms with E-state index in [9.17, 15) is 4.79 Å². The second-order valence-electron chi connectivity index (χ2n) is 11.9. The van der Waals surface area contributed by atoms with Crippen LogP contribution in [0.1, 0.15) is 82.1 Å². The third kappa shape index (κ3) is 7.34. The Morgan fingerprint density at radius 2 is 1.43 bits per heavy atom. The smallest absolute Gasteiger partial charge is 0.311 e. The molecule has 4 rings (SSSR count). The van der Waals surface area contributed by atoms with Gasteiger partial charge >= 0.3 is 5.97 Å². The van der Waals surface area contributed by atoms with Gasteiger partial charge in [0.2, 0.25) is 0 Å². The Kier molecular flexibility index (Phi) is 10.7. The van der Waals surface area contributed by atoms with Crippen molar-refractivity contribution < 1.29 is 9.53 Å². The van der Waals surface area contributed by atoms with Crippen LogP contribution in [0.2, 0.25) is 0 Å². The van der Waals surface area contributed by atoms with Crippen LogP contribution in [0, 0.1) is 12.3 Å². The second-order valence-corrected chi connectivity index (χ2v) is 11.9. The van der Waals surface area contributed by atoms with E-state index in [0.717, 1.165) is 44.6 Å². The fourth-order valence-corrected chi connectivity index (χ4v) is 5.46. The maximum atomic E-state index is 12.2. The highest BCUT2D eigenvalue weighted by Crippen LogP contribution is 2.39. The van der Waals surface area contributed by atoms with Gasteiger partial charge < -0.3 is 15.0 Å². The van der Waals surface area contributed by atoms with E-state index in [0.29, 0.717) is 6.61 Å². The van der Waals surface area contributed by atoms with Gasteiger partial charge in [0.15, 0.2) is 0 Å². The van der Waals surface area contributed by atoms with E-state index in [-0.39, 0.29) is 11.9 Å². The minimum Gasteiger partial charge on any atom is -0.465 e. The molecule has 0 radical (unpaired) electrons. The maximum Gasteiger partial charge on any atom is 0.311 e. The summed E-state index contributed by atoms with van der Waals surface area (Å²) in [5.41, 5.74) is 7.15. The highest BCUT2D eigenvalue weighted by molar-refractivity contribution is 5.97. The minimum absolute atomic E-state index is 0.106. The lowest BCUT2D eigenvalue weighted by Crippen LogP contribution is -2.26. The average Bonchev–Trinajstić information content (AvgIpc) is 3.01. The molecule has 4 aromatic rings. The number of hydrogen-bond donors (Lipinski definition) is 1. The van der Waals surface area contributed by atoms with Crippen molar-refractivity contribution in [1.29, 1.82) is 0 Å². The van der Waals surface area contributed by atoms with Crippen molar-refractivity contribution in [3.8, 4) is 0 Å². The summed E-state index contributed by atoms with van der Waals surface area (Å²) in [5.74, 6) is 0.0164. The molecule has 222 valence electrons. The molecule has 0 heterocycles. The predicted molar refractivity (Wildman–Crippen MR) is 179 cm³/mol. The number of unbranched alkanes of at least 4 members (excludes halogenated alkanes) is 1. The first-order chi connectivity index (χ1) is 20.3. The van der Waals surface area contributed by atoms with Crippen LogP contribution in [0.5, 0.6) is 0 Å². The van der Waals surface area contributed by atoms with Gasteiger partial charge in [-0.3, -0.25) is 4.79 Å². The molecule has 0 aliphatic rings. The van der Waals surface area contributed by atoms with Gasteiger partial charge in [0.25, 0.3) is 0 Å². The van der Waals surface area contributed by atoms with E-state index in [2.05, 4.69) is 116 Å². The van der Waals surface area contributed by atoms with Crippen LogP contribution in [0.4, 0.5) is 11.4 Å². The van der Waals surface area contributed by atoms with Gasteiger partial charge in [-0.2, -0.15) is 0 Å². The third-order valence-electron chi connectivity index (χ3n) is 8.59. The Morgan fingerprint density at radius 1 is 0.810 bits per heavy atom. The lowest BCUT2D eigenvalue weighted by Gasteiger charge is -2.25. The third-order valence-corrected chi connectivity index (χ3v) is 8.59. The normalized spacial score (nSPS) is 12.2. The van der Waals surface area contributed by atoms with E-state index in [1.54, 1.807) is 0 Å². The highest BCUT2D eigenvalue weighted by atomic mass is 16.5. The van der Waals surface area contributed by atoms with Crippen LogP contribution in [0.25, 0.3) is 10.8 Å². The number of esters is 1. The van der Waals surface area contributed by atoms with Gasteiger partial charge in [-0.1, -0.05) is 79.2 Å². The number of carbonyl (C=O) groups excluding carboxylic acids is 1. The molecule has 0 saturated carbocycles. The Bertz CT molecular complexity index is 1440. The second kappa shape index (κ2) is 14.4. The number of hydrogen-bond acceptors (Lipinski definition) is 4. The van der Waals surface area contributed by atoms with Gasteiger partial charge in [0.05, 0.1) is 12.0 Å². The molecule has 1 atom stereocenters. The topological polar surface area (TPSA) is 41.6 Å². The van der Waals surface area contributed by atoms with Crippen molar-refractivity contribution in [2.45, 2.75) is 66.7 Å². The fraction of sp³-hybridized carbons (Fsp3) is 0.395. The van der Waals surface area contributed by atoms with Crippen LogP contribution in [-0.2, 0) is 9.53 Å². The number of benzene rings is 4. The van der Waals surface area contributed by atoms with Crippen LogP contribution in [0.3, 0.4) is 0 Å². The number of nitrogens with one attached hydrogen (secondary N) is 1. The van der Waals surface area contributed by atoms with Crippen LogP contribution in [0.15, 0.2) is 84.9 Å². The van der Waals surface area contributed by atoms with Crippen LogP contribution >= 0.6 is 0 Å². The average molecular weight is 565 g/mol. The molecule has 0 spiro atoms. The fourth-order valence-electron chi connectivity index (χ4n) is 5.46. The number of fused-ring (bicyclic) bond motifs is 1. The van der Waals surface area contributed by atoms with Crippen molar-refractivity contribution in [3.05, 3.63) is 107 Å². The molecule has 4 aromatic carbocycles. The van der Waals surface area contributed by atoms with Gasteiger partial charge in [-0.05, 0) is 94.2 Å². The Labute approximate surface area is 253 Å². The first-order valence-electron chi connectivity index (χ1n) is 15.6. The van der Waals surface area contributed by atoms with E-state index in [1.807, 2.05) is 20.8 Å². The van der Waals surface area contributed by atoms with E-state index < -0.39 is 5.41 Å². The summed E-state index contributed by atoms with van der Waals surface area (Å²) in [5, 5.41) is 6.14. The van der Waals surface area contributed by atoms with Gasteiger partial charge in [-0.15, -0.1) is 0 Å². The van der Waals surface area contributed by atoms with Crippen LogP contribution < -0.4 is 10.2 Å². The molecule has 0 amide bonds. The van der Waals surface area contributed by atoms with Crippen LogP contribution in [-0.4, -0.2) is 32.2 Å². The summed E-state index contributed by atoms with van der Waals surface area (Å²) in [4.78, 5) is 14.6. The van der Waals surface area contributed by atoms with Gasteiger partial charge in [0, 0.05) is 42.3 Å². The quantitative estimate of drug-likeness (QED) is 0.0941. The standard InChI is InChI=1S/C38H48N2O2/c1-7-38(5,6)37(41)42-27-13-12-26-39-35-25-24-34(32-14-10-11-15-33(32)35)36(29-18-16-28(4)17-19-29)30-20-22-31(23-21-30)40(8-2)9-3/h10-11,14-25,36,39H,7-9,12-13,26-27H2,1-6H3. The molecular weight excluding hydrogens is 516 g/mol. The molecule has 0 bridgehead atoms. The highest BCUT2D eigenvalue weighted by Gasteiger charge is 2.26. The number of rotatable bonds is 14. The zero-order valence-electron chi connectivity index (χ0n) is 26.4. The minimum atomic E-state index is -0.414. The number of carbonyl (C=O) groups is 1. The molecule has 1 N–H and O–H groups in total. The lowest BCUT2D eigenvalue weighted by atomic mass is 9.82. The molecule has 0 aliphatic carbocycles. The number of nitrogens with zero attached hydrogens (tertiary/aromatic N) is 1. The van der Waals surface area contributed by atoms with Crippen molar-refractivity contribution >= 4 is 28.1 Å². The monoisotopic (exact) mass is 564 g/mol. The van der Waals surface area contributed by atoms with Crippen molar-refractivity contribution in [2.75, 3.05) is 36.5 Å². The predicted octanol–water partition coefficient (Wildman–Crippen LogP) is 9.35. The largest absolute Gasteiger partial charge is 0.465 e. The maximum absolute atomic E-state index is 12.2. The molecule has 0 aromatic heterocycles. The molecule has 4 nitrogen and oxygen atoms in total. The summed E-state index contributed by atoms with van der Waals surface area (Å²) in [6.45, 7) is 15.7.